The molecule has 1 aromatic carbocycles. The molecule has 1 aromatic rings. The minimum atomic E-state index is -0.411. The van der Waals surface area contributed by atoms with Crippen LogP contribution < -0.4 is 11.3 Å². The molecule has 3 N–H and O–H groups in total. The van der Waals surface area contributed by atoms with Crippen LogP contribution in [0, 0.1) is 10.1 Å². The standard InChI is InChI=1S/C13H21N5O2/c1-16(2)11-6-7-17(9-11)8-10-4-3-5-12(18(19)20)13(10)15-14/h3-5,11,15H,6-9,14H2,1-2H3. The molecular formula is C13H21N5O2. The van der Waals surface area contributed by atoms with Crippen molar-refractivity contribution in [1.82, 2.24) is 9.80 Å². The zero-order valence-electron chi connectivity index (χ0n) is 11.9. The smallest absolute Gasteiger partial charge is 0.293 e. The number of nitro benzene ring substituents is 1. The van der Waals surface area contributed by atoms with Gasteiger partial charge in [0.05, 0.1) is 4.92 Å². The Morgan fingerprint density at radius 3 is 2.85 bits per heavy atom. The molecule has 0 spiro atoms. The monoisotopic (exact) mass is 279 g/mol. The highest BCUT2D eigenvalue weighted by Crippen LogP contribution is 2.29. The summed E-state index contributed by atoms with van der Waals surface area (Å²) in [6, 6.07) is 5.59. The van der Waals surface area contributed by atoms with Crippen LogP contribution in [0.4, 0.5) is 11.4 Å². The third-order valence-corrected chi connectivity index (χ3v) is 3.84. The number of likely N-dealkylation sites (N-methyl/N-ethyl adjacent to an activating group) is 1. The van der Waals surface area contributed by atoms with E-state index in [-0.39, 0.29) is 5.69 Å². The highest BCUT2D eigenvalue weighted by atomic mass is 16.6. The number of rotatable bonds is 5. The second kappa shape index (κ2) is 6.17. The summed E-state index contributed by atoms with van der Waals surface area (Å²) in [6.07, 6.45) is 1.12. The summed E-state index contributed by atoms with van der Waals surface area (Å²) in [5, 5.41) is 11.0. The van der Waals surface area contributed by atoms with Gasteiger partial charge in [-0.15, -0.1) is 0 Å². The van der Waals surface area contributed by atoms with E-state index in [0.717, 1.165) is 25.1 Å². The van der Waals surface area contributed by atoms with E-state index in [1.807, 2.05) is 6.07 Å². The van der Waals surface area contributed by atoms with E-state index in [0.29, 0.717) is 18.3 Å². The van der Waals surface area contributed by atoms with Gasteiger partial charge in [-0.25, -0.2) is 0 Å². The van der Waals surface area contributed by atoms with Crippen molar-refractivity contribution in [1.29, 1.82) is 0 Å². The van der Waals surface area contributed by atoms with Gasteiger partial charge in [0.25, 0.3) is 5.69 Å². The fourth-order valence-corrected chi connectivity index (χ4v) is 2.66. The number of nitrogen functional groups attached to an aromatic ring is 1. The van der Waals surface area contributed by atoms with Crippen LogP contribution in [-0.2, 0) is 6.54 Å². The number of hydrogen-bond acceptors (Lipinski definition) is 6. The molecule has 2 rings (SSSR count). The Kier molecular flexibility index (Phi) is 4.53. The van der Waals surface area contributed by atoms with Crippen LogP contribution in [0.25, 0.3) is 0 Å². The van der Waals surface area contributed by atoms with Gasteiger partial charge in [-0.05, 0) is 26.1 Å². The second-order valence-corrected chi connectivity index (χ2v) is 5.35. The van der Waals surface area contributed by atoms with Gasteiger partial charge in [0.2, 0.25) is 0 Å². The molecule has 0 saturated carbocycles. The molecule has 20 heavy (non-hydrogen) atoms. The minimum Gasteiger partial charge on any atom is -0.318 e. The van der Waals surface area contributed by atoms with Gasteiger partial charge >= 0.3 is 0 Å². The zero-order valence-corrected chi connectivity index (χ0v) is 11.9. The van der Waals surface area contributed by atoms with E-state index in [4.69, 9.17) is 5.84 Å². The van der Waals surface area contributed by atoms with Gasteiger partial charge in [-0.1, -0.05) is 12.1 Å². The number of nitrogens with two attached hydrogens (primary N) is 1. The number of benzene rings is 1. The van der Waals surface area contributed by atoms with Crippen LogP contribution in [0.3, 0.4) is 0 Å². The van der Waals surface area contributed by atoms with Gasteiger partial charge in [-0.2, -0.15) is 0 Å². The first-order valence-electron chi connectivity index (χ1n) is 6.64. The number of para-hydroxylation sites is 1. The number of hydrazine groups is 1. The first kappa shape index (κ1) is 14.7. The molecular weight excluding hydrogens is 258 g/mol. The number of anilines is 1. The van der Waals surface area contributed by atoms with Crippen molar-refractivity contribution in [2.24, 2.45) is 5.84 Å². The average Bonchev–Trinajstić information content (AvgIpc) is 2.87. The van der Waals surface area contributed by atoms with Crippen molar-refractivity contribution in [3.05, 3.63) is 33.9 Å². The highest BCUT2D eigenvalue weighted by molar-refractivity contribution is 5.65. The molecule has 0 aromatic heterocycles. The molecule has 1 heterocycles. The van der Waals surface area contributed by atoms with Gasteiger partial charge in [0.1, 0.15) is 5.69 Å². The van der Waals surface area contributed by atoms with Crippen LogP contribution in [-0.4, -0.2) is 47.9 Å². The Morgan fingerprint density at radius 1 is 1.55 bits per heavy atom. The molecule has 1 aliphatic heterocycles. The molecule has 1 atom stereocenters. The number of nitrogens with zero attached hydrogens (tertiary/aromatic N) is 3. The van der Waals surface area contributed by atoms with E-state index in [2.05, 4.69) is 29.3 Å². The van der Waals surface area contributed by atoms with Crippen LogP contribution in [0.15, 0.2) is 18.2 Å². The summed E-state index contributed by atoms with van der Waals surface area (Å²) in [7, 11) is 4.16. The lowest BCUT2D eigenvalue weighted by Gasteiger charge is -2.21. The lowest BCUT2D eigenvalue weighted by molar-refractivity contribution is -0.384. The Bertz CT molecular complexity index is 492. The van der Waals surface area contributed by atoms with Crippen LogP contribution in [0.1, 0.15) is 12.0 Å². The minimum absolute atomic E-state index is 0.0216. The predicted molar refractivity (Wildman–Crippen MR) is 78.3 cm³/mol. The molecule has 7 heteroatoms. The lowest BCUT2D eigenvalue weighted by atomic mass is 10.1. The SMILES string of the molecule is CN(C)C1CCN(Cc2cccc([N+](=O)[O-])c2NN)C1. The maximum atomic E-state index is 11.0. The molecule has 0 amide bonds. The Hall–Kier alpha value is -1.70. The number of likely N-dealkylation sites (tertiary alicyclic amines) is 1. The first-order chi connectivity index (χ1) is 9.52. The highest BCUT2D eigenvalue weighted by Gasteiger charge is 2.25. The summed E-state index contributed by atoms with van der Waals surface area (Å²) in [5.74, 6) is 5.46. The Labute approximate surface area is 118 Å². The van der Waals surface area contributed by atoms with Crippen LogP contribution in [0.5, 0.6) is 0 Å². The number of hydrogen-bond donors (Lipinski definition) is 2. The van der Waals surface area contributed by atoms with Gasteiger partial charge in [0, 0.05) is 31.7 Å². The molecule has 7 nitrogen and oxygen atoms in total. The number of nitrogens with one attached hydrogen (secondary N) is 1. The average molecular weight is 279 g/mol. The summed E-state index contributed by atoms with van der Waals surface area (Å²) in [5.41, 5.74) is 3.77. The molecule has 1 aliphatic rings. The molecule has 1 fully saturated rings. The molecule has 1 saturated heterocycles. The summed E-state index contributed by atoms with van der Waals surface area (Å²) in [6.45, 7) is 2.64. The maximum Gasteiger partial charge on any atom is 0.293 e. The number of nitro groups is 1. The van der Waals surface area contributed by atoms with E-state index in [1.165, 1.54) is 6.07 Å². The normalized spacial score (nSPS) is 19.5. The Balaban J connectivity index is 2.14. The molecule has 0 bridgehead atoms. The fourth-order valence-electron chi connectivity index (χ4n) is 2.66. The molecule has 0 aliphatic carbocycles. The topological polar surface area (TPSA) is 87.7 Å². The second-order valence-electron chi connectivity index (χ2n) is 5.35. The summed E-state index contributed by atoms with van der Waals surface area (Å²) < 4.78 is 0. The zero-order chi connectivity index (χ0) is 14.7. The van der Waals surface area contributed by atoms with Gasteiger partial charge in [-0.3, -0.25) is 20.9 Å². The summed E-state index contributed by atoms with van der Waals surface area (Å²) >= 11 is 0. The van der Waals surface area contributed by atoms with Crippen molar-refractivity contribution >= 4 is 11.4 Å². The lowest BCUT2D eigenvalue weighted by Crippen LogP contribution is -2.31. The van der Waals surface area contributed by atoms with Crippen molar-refractivity contribution in [3.63, 3.8) is 0 Å². The molecule has 110 valence electrons. The fraction of sp³-hybridized carbons (Fsp3) is 0.538. The molecule has 1 unspecified atom stereocenters. The quantitative estimate of drug-likeness (QED) is 0.475. The maximum absolute atomic E-state index is 11.0. The first-order valence-corrected chi connectivity index (χ1v) is 6.64. The van der Waals surface area contributed by atoms with Crippen molar-refractivity contribution in [2.45, 2.75) is 19.0 Å². The van der Waals surface area contributed by atoms with Crippen molar-refractivity contribution in [3.8, 4) is 0 Å². The van der Waals surface area contributed by atoms with Crippen LogP contribution >= 0.6 is 0 Å². The van der Waals surface area contributed by atoms with E-state index in [9.17, 15) is 10.1 Å². The van der Waals surface area contributed by atoms with Gasteiger partial charge < -0.3 is 10.3 Å². The predicted octanol–water partition coefficient (Wildman–Crippen LogP) is 1.02. The van der Waals surface area contributed by atoms with E-state index >= 15 is 0 Å². The van der Waals surface area contributed by atoms with Crippen LogP contribution in [0.2, 0.25) is 0 Å². The summed E-state index contributed by atoms with van der Waals surface area (Å²) in [4.78, 5) is 15.1. The Morgan fingerprint density at radius 2 is 2.30 bits per heavy atom. The van der Waals surface area contributed by atoms with Crippen molar-refractivity contribution in [2.75, 3.05) is 32.6 Å². The van der Waals surface area contributed by atoms with E-state index in [1.54, 1.807) is 6.07 Å². The largest absolute Gasteiger partial charge is 0.318 e. The van der Waals surface area contributed by atoms with Crippen molar-refractivity contribution < 1.29 is 4.92 Å². The third-order valence-electron chi connectivity index (χ3n) is 3.84. The van der Waals surface area contributed by atoms with Gasteiger partial charge in [0.15, 0.2) is 0 Å². The van der Waals surface area contributed by atoms with E-state index < -0.39 is 4.92 Å². The third kappa shape index (κ3) is 3.06. The molecule has 0 radical (unpaired) electrons.